The Labute approximate surface area is 434 Å². The molecule has 24 heteroatoms. The molecule has 1 aliphatic rings. The number of nitrogens with two attached hydrogens (primary N) is 4. The number of carbonyl (C=O) groups is 9. The van der Waals surface area contributed by atoms with Crippen molar-refractivity contribution in [1.82, 2.24) is 36.8 Å². The van der Waals surface area contributed by atoms with Crippen molar-refractivity contribution in [2.75, 3.05) is 18.8 Å². The van der Waals surface area contributed by atoms with Crippen LogP contribution in [0.1, 0.15) is 76.0 Å². The van der Waals surface area contributed by atoms with E-state index in [-0.39, 0.29) is 63.3 Å². The minimum atomic E-state index is -1.51. The molecule has 1 aliphatic heterocycles. The second-order valence-electron chi connectivity index (χ2n) is 18.5. The quantitative estimate of drug-likeness (QED) is 0.0178. The molecule has 0 spiro atoms. The lowest BCUT2D eigenvalue weighted by atomic mass is 9.96. The topological polar surface area (TPSA) is 406 Å². The van der Waals surface area contributed by atoms with Gasteiger partial charge in [0.2, 0.25) is 41.4 Å². The van der Waals surface area contributed by atoms with Gasteiger partial charge in [-0.05, 0) is 79.5 Å². The molecule has 17 N–H and O–H groups in total. The number of nitrogen functional groups attached to an aromatic ring is 1. The summed E-state index contributed by atoms with van der Waals surface area (Å²) < 4.78 is 0. The Bertz CT molecular complexity index is 2490. The van der Waals surface area contributed by atoms with Crippen LogP contribution in [0.3, 0.4) is 0 Å². The summed E-state index contributed by atoms with van der Waals surface area (Å²) in [7, 11) is 0. The van der Waals surface area contributed by atoms with E-state index in [1.165, 1.54) is 36.1 Å². The fourth-order valence-corrected chi connectivity index (χ4v) is 8.21. The number of hydrogen-bond donors (Lipinski definition) is 13. The number of amides is 7. The first-order valence-corrected chi connectivity index (χ1v) is 24.6. The molecule has 0 radical (unpaired) electrons. The van der Waals surface area contributed by atoms with Gasteiger partial charge in [-0.1, -0.05) is 74.9 Å². The zero-order valence-corrected chi connectivity index (χ0v) is 42.2. The number of aliphatic carboxylic acids is 2. The zero-order valence-electron chi connectivity index (χ0n) is 42.2. The Hall–Kier alpha value is -8.28. The fourth-order valence-electron chi connectivity index (χ4n) is 8.21. The minimum absolute atomic E-state index is 0.00406. The zero-order chi connectivity index (χ0) is 55.4. The molecule has 24 nitrogen and oxygen atoms in total. The number of benzene rings is 3. The number of hydrogen-bond acceptors (Lipinski definition) is 13. The molecule has 3 aromatic carbocycles. The highest BCUT2D eigenvalue weighted by Crippen LogP contribution is 2.22. The Balaban J connectivity index is 1.58. The highest BCUT2D eigenvalue weighted by molar-refractivity contribution is 5.98. The summed E-state index contributed by atoms with van der Waals surface area (Å²) >= 11 is 0. The van der Waals surface area contributed by atoms with Gasteiger partial charge < -0.3 is 75.1 Å². The van der Waals surface area contributed by atoms with Gasteiger partial charge in [0.05, 0.1) is 12.5 Å². The number of likely N-dealkylation sites (tertiary alicyclic amines) is 1. The molecule has 0 aliphatic carbocycles. The highest BCUT2D eigenvalue weighted by Gasteiger charge is 2.41. The molecule has 7 amide bonds. The van der Waals surface area contributed by atoms with Gasteiger partial charge in [0.25, 0.3) is 0 Å². The first-order valence-electron chi connectivity index (χ1n) is 24.6. The van der Waals surface area contributed by atoms with Crippen LogP contribution in [0.5, 0.6) is 5.75 Å². The van der Waals surface area contributed by atoms with Crippen LogP contribution in [-0.2, 0) is 62.4 Å². The van der Waals surface area contributed by atoms with Gasteiger partial charge in [0, 0.05) is 38.0 Å². The van der Waals surface area contributed by atoms with Gasteiger partial charge in [-0.2, -0.15) is 0 Å². The van der Waals surface area contributed by atoms with Crippen LogP contribution in [0.2, 0.25) is 0 Å². The average molecular weight is 1040 g/mol. The molecule has 1 fully saturated rings. The van der Waals surface area contributed by atoms with Gasteiger partial charge in [0.1, 0.15) is 48.0 Å². The number of nitrogens with one attached hydrogen (secondary N) is 6. The van der Waals surface area contributed by atoms with E-state index in [2.05, 4.69) is 36.9 Å². The van der Waals surface area contributed by atoms with Crippen LogP contribution in [0.4, 0.5) is 5.69 Å². The number of guanidine groups is 1. The summed E-state index contributed by atoms with van der Waals surface area (Å²) in [6.45, 7) is 4.98. The predicted octanol–water partition coefficient (Wildman–Crippen LogP) is -1.09. The van der Waals surface area contributed by atoms with E-state index >= 15 is 0 Å². The Morgan fingerprint density at radius 3 is 1.84 bits per heavy atom. The van der Waals surface area contributed by atoms with Crippen LogP contribution in [0.25, 0.3) is 0 Å². The van der Waals surface area contributed by atoms with Crippen LogP contribution in [0.15, 0.2) is 83.9 Å². The maximum Gasteiger partial charge on any atom is 0.326 e. The third-order valence-electron chi connectivity index (χ3n) is 12.6. The summed E-state index contributed by atoms with van der Waals surface area (Å²) in [5, 5.41) is 44.8. The lowest BCUT2D eigenvalue weighted by Crippen LogP contribution is -2.61. The van der Waals surface area contributed by atoms with Crippen molar-refractivity contribution in [1.29, 1.82) is 0 Å². The Morgan fingerprint density at radius 2 is 1.24 bits per heavy atom. The summed E-state index contributed by atoms with van der Waals surface area (Å²) in [5.41, 5.74) is 24.7. The van der Waals surface area contributed by atoms with Crippen LogP contribution >= 0.6 is 0 Å². The number of carbonyl (C=O) groups excluding carboxylic acids is 7. The number of phenolic OH excluding ortho intramolecular Hbond substituents is 1. The molecule has 0 aromatic heterocycles. The molecule has 0 bridgehead atoms. The predicted molar refractivity (Wildman–Crippen MR) is 276 cm³/mol. The SMILES string of the molecule is CC[C@H](C)[C@H](NC(=O)[C@H](Cc1ccc(O)cc1)NC(=O)[C@H](C)NC(=O)[C@H](CCCN=C(N)N)NC(=O)[C@@H](N)CC(=O)O)C(=O)N[C@@H](Cc1ccc(N)cc1)C(=O)N1CCC[C@H]1C(=O)N[C@@H](Cc1ccccc1)C(=O)O. The number of carboxylic acids is 2. The molecule has 3 aromatic rings. The van der Waals surface area contributed by atoms with Crippen molar-refractivity contribution >= 4 is 64.9 Å². The van der Waals surface area contributed by atoms with E-state index in [0.29, 0.717) is 35.2 Å². The molecule has 75 heavy (non-hydrogen) atoms. The number of aromatic hydroxyl groups is 1. The summed E-state index contributed by atoms with van der Waals surface area (Å²) in [4.78, 5) is 126. The molecule has 0 saturated carbocycles. The first-order chi connectivity index (χ1) is 35.6. The number of carboxylic acid groups (broad SMARTS) is 2. The average Bonchev–Trinajstić information content (AvgIpc) is 3.87. The van der Waals surface area contributed by atoms with E-state index in [4.69, 9.17) is 28.0 Å². The van der Waals surface area contributed by atoms with Crippen molar-refractivity contribution in [2.45, 2.75) is 127 Å². The monoisotopic (exact) mass is 1040 g/mol. The number of anilines is 1. The molecule has 1 heterocycles. The van der Waals surface area contributed by atoms with Gasteiger partial charge in [-0.25, -0.2) is 4.79 Å². The maximum absolute atomic E-state index is 14.7. The largest absolute Gasteiger partial charge is 0.508 e. The summed E-state index contributed by atoms with van der Waals surface area (Å²) in [5.74, 6) is -9.07. The van der Waals surface area contributed by atoms with E-state index in [9.17, 15) is 53.4 Å². The third-order valence-corrected chi connectivity index (χ3v) is 12.6. The van der Waals surface area contributed by atoms with Gasteiger partial charge in [-0.15, -0.1) is 0 Å². The minimum Gasteiger partial charge on any atom is -0.508 e. The first kappa shape index (κ1) is 59.3. The molecular formula is C51H70N12O12. The summed E-state index contributed by atoms with van der Waals surface area (Å²) in [6, 6.07) is 10.5. The molecule has 0 unspecified atom stereocenters. The lowest BCUT2D eigenvalue weighted by Gasteiger charge is -2.32. The van der Waals surface area contributed by atoms with Gasteiger partial charge in [-0.3, -0.25) is 43.3 Å². The molecule has 9 atom stereocenters. The fraction of sp³-hybridized carbons (Fsp3) is 0.451. The van der Waals surface area contributed by atoms with Crippen molar-refractivity contribution in [3.8, 4) is 5.75 Å². The van der Waals surface area contributed by atoms with E-state index in [1.807, 2.05) is 0 Å². The maximum atomic E-state index is 14.7. The van der Waals surface area contributed by atoms with Crippen molar-refractivity contribution in [3.05, 3.63) is 95.6 Å². The number of phenols is 1. The summed E-state index contributed by atoms with van der Waals surface area (Å²) in [6.07, 6.45) is 0.109. The van der Waals surface area contributed by atoms with E-state index in [0.717, 1.165) is 0 Å². The van der Waals surface area contributed by atoms with Crippen LogP contribution in [-0.4, -0.2) is 141 Å². The molecule has 4 rings (SSSR count). The second-order valence-corrected chi connectivity index (χ2v) is 18.5. The van der Waals surface area contributed by atoms with Crippen molar-refractivity contribution in [2.24, 2.45) is 28.1 Å². The standard InChI is InChI=1S/C51H70N12O12/c1-4-28(2)42(48(72)60-38(25-31-14-18-33(52)19-15-31)49(73)63-23-9-13-40(63)47(71)61-39(50(74)75)26-30-10-6-5-7-11-30)62-46(70)37(24-32-16-20-34(64)21-17-32)59-43(67)29(3)57-45(69)36(12-8-22-56-51(54)55)58-44(68)35(53)27-41(65)66/h5-7,10-11,14-21,28-29,35-40,42,64H,4,8-9,12-13,22-27,52-53H2,1-3H3,(H,57,69)(H,58,68)(H,59,67)(H,60,72)(H,61,71)(H,62,70)(H,65,66)(H,74,75)(H4,54,55,56)/t28-,29-,35-,36-,37-,38-,39-,40-,42-/m0/s1. The lowest BCUT2D eigenvalue weighted by molar-refractivity contribution is -0.145. The molecular weight excluding hydrogens is 973 g/mol. The number of rotatable bonds is 28. The van der Waals surface area contributed by atoms with E-state index < -0.39 is 114 Å². The van der Waals surface area contributed by atoms with Crippen molar-refractivity contribution < 1.29 is 58.5 Å². The Morgan fingerprint density at radius 1 is 0.680 bits per heavy atom. The smallest absolute Gasteiger partial charge is 0.326 e. The van der Waals surface area contributed by atoms with Crippen LogP contribution < -0.4 is 54.8 Å². The Kier molecular flexibility index (Phi) is 22.8. The normalized spacial score (nSPS) is 16.2. The third kappa shape index (κ3) is 18.9. The van der Waals surface area contributed by atoms with Crippen molar-refractivity contribution in [3.63, 3.8) is 0 Å². The number of aliphatic imine (C=N–C) groups is 1. The van der Waals surface area contributed by atoms with Crippen LogP contribution in [0, 0.1) is 5.92 Å². The molecule has 406 valence electrons. The highest BCUT2D eigenvalue weighted by atomic mass is 16.4. The van der Waals surface area contributed by atoms with Gasteiger partial charge in [0.15, 0.2) is 5.96 Å². The molecule has 1 saturated heterocycles. The van der Waals surface area contributed by atoms with Gasteiger partial charge >= 0.3 is 11.9 Å². The van der Waals surface area contributed by atoms with E-state index in [1.54, 1.807) is 68.4 Å². The number of nitrogens with zero attached hydrogens (tertiary/aromatic N) is 2. The second kappa shape index (κ2) is 28.8.